The third kappa shape index (κ3) is 2.55. The maximum absolute atomic E-state index is 10.8. The van der Waals surface area contributed by atoms with Gasteiger partial charge < -0.3 is 10.2 Å². The highest BCUT2D eigenvalue weighted by atomic mass is 35.5. The molecule has 5 heteroatoms. The lowest BCUT2D eigenvalue weighted by Gasteiger charge is -2.12. The lowest BCUT2D eigenvalue weighted by molar-refractivity contribution is 0.210. The van der Waals surface area contributed by atoms with E-state index in [1.807, 2.05) is 18.2 Å². The van der Waals surface area contributed by atoms with Gasteiger partial charge in [-0.2, -0.15) is 0 Å². The number of carbonyl (C=O) groups is 1. The van der Waals surface area contributed by atoms with Crippen molar-refractivity contribution in [2.45, 2.75) is 0 Å². The fourth-order valence-electron chi connectivity index (χ4n) is 1.67. The summed E-state index contributed by atoms with van der Waals surface area (Å²) in [5.74, 6) is -0.0187. The van der Waals surface area contributed by atoms with E-state index in [0.29, 0.717) is 5.56 Å². The number of benzene rings is 2. The Morgan fingerprint density at radius 2 is 1.83 bits per heavy atom. The summed E-state index contributed by atoms with van der Waals surface area (Å²) in [5, 5.41) is 20.7. The minimum absolute atomic E-state index is 0.0187. The van der Waals surface area contributed by atoms with Crippen LogP contribution in [0.2, 0.25) is 5.02 Å². The van der Waals surface area contributed by atoms with E-state index in [1.54, 1.807) is 12.1 Å². The van der Waals surface area contributed by atoms with Crippen LogP contribution in [0.4, 0.5) is 10.5 Å². The fraction of sp³-hybridized carbons (Fsp3) is 0. The van der Waals surface area contributed by atoms with Gasteiger partial charge in [0.1, 0.15) is 5.75 Å². The van der Waals surface area contributed by atoms with Gasteiger partial charge in [0.05, 0.1) is 10.7 Å². The number of aromatic hydroxyl groups is 1. The van der Waals surface area contributed by atoms with Crippen molar-refractivity contribution in [3.8, 4) is 16.9 Å². The molecule has 2 aromatic carbocycles. The molecule has 4 nitrogen and oxygen atoms in total. The van der Waals surface area contributed by atoms with E-state index in [-0.39, 0.29) is 16.5 Å². The zero-order valence-electron chi connectivity index (χ0n) is 9.22. The zero-order chi connectivity index (χ0) is 13.1. The molecule has 0 bridgehead atoms. The lowest BCUT2D eigenvalue weighted by atomic mass is 10.0. The minimum atomic E-state index is -1.21. The summed E-state index contributed by atoms with van der Waals surface area (Å²) in [6.45, 7) is 0. The van der Waals surface area contributed by atoms with Crippen LogP contribution in [0.15, 0.2) is 42.5 Å². The molecule has 0 aliphatic rings. The van der Waals surface area contributed by atoms with E-state index in [9.17, 15) is 9.90 Å². The molecule has 0 unspecified atom stereocenters. The van der Waals surface area contributed by atoms with E-state index in [2.05, 4.69) is 5.32 Å². The molecule has 0 saturated carbocycles. The Balaban J connectivity index is 2.61. The largest absolute Gasteiger partial charge is 0.508 e. The Labute approximate surface area is 108 Å². The molecule has 0 aliphatic carbocycles. The average Bonchev–Trinajstić information content (AvgIpc) is 2.33. The van der Waals surface area contributed by atoms with Gasteiger partial charge in [0.2, 0.25) is 0 Å². The molecule has 0 fully saturated rings. The second-order valence-electron chi connectivity index (χ2n) is 3.65. The number of halogens is 1. The second kappa shape index (κ2) is 4.98. The first-order chi connectivity index (χ1) is 8.58. The van der Waals surface area contributed by atoms with Crippen molar-refractivity contribution in [2.24, 2.45) is 0 Å². The molecule has 2 aromatic rings. The van der Waals surface area contributed by atoms with Gasteiger partial charge >= 0.3 is 6.09 Å². The quantitative estimate of drug-likeness (QED) is 0.722. The summed E-state index contributed by atoms with van der Waals surface area (Å²) >= 11 is 5.94. The highest BCUT2D eigenvalue weighted by molar-refractivity contribution is 6.34. The highest BCUT2D eigenvalue weighted by Crippen LogP contribution is 2.37. The van der Waals surface area contributed by atoms with Crippen LogP contribution in [-0.2, 0) is 0 Å². The van der Waals surface area contributed by atoms with Crippen LogP contribution in [0, 0.1) is 0 Å². The molecule has 0 atom stereocenters. The molecular weight excluding hydrogens is 254 g/mol. The molecule has 92 valence electrons. The minimum Gasteiger partial charge on any atom is -0.508 e. The summed E-state index contributed by atoms with van der Waals surface area (Å²) in [6.07, 6.45) is -1.21. The number of hydrogen-bond acceptors (Lipinski definition) is 2. The number of amides is 1. The molecule has 3 N–H and O–H groups in total. The molecular formula is C13H10ClNO3. The SMILES string of the molecule is O=C(O)Nc1c(Cl)cc(O)cc1-c1ccccc1. The van der Waals surface area contributed by atoms with Crippen LogP contribution in [-0.4, -0.2) is 16.3 Å². The predicted molar refractivity (Wildman–Crippen MR) is 70.2 cm³/mol. The summed E-state index contributed by atoms with van der Waals surface area (Å²) in [7, 11) is 0. The topological polar surface area (TPSA) is 69.6 Å². The van der Waals surface area contributed by atoms with Gasteiger partial charge in [-0.3, -0.25) is 5.32 Å². The molecule has 0 aromatic heterocycles. The Morgan fingerprint density at radius 3 is 2.44 bits per heavy atom. The van der Waals surface area contributed by atoms with Crippen molar-refractivity contribution in [2.75, 3.05) is 5.32 Å². The van der Waals surface area contributed by atoms with Crippen molar-refractivity contribution in [1.82, 2.24) is 0 Å². The number of rotatable bonds is 2. The van der Waals surface area contributed by atoms with Crippen LogP contribution in [0.5, 0.6) is 5.75 Å². The number of phenols is 1. The van der Waals surface area contributed by atoms with Crippen LogP contribution >= 0.6 is 11.6 Å². The first-order valence-electron chi connectivity index (χ1n) is 5.16. The highest BCUT2D eigenvalue weighted by Gasteiger charge is 2.13. The lowest BCUT2D eigenvalue weighted by Crippen LogP contribution is -2.08. The number of nitrogens with one attached hydrogen (secondary N) is 1. The molecule has 0 radical (unpaired) electrons. The van der Waals surface area contributed by atoms with Crippen molar-refractivity contribution < 1.29 is 15.0 Å². The maximum Gasteiger partial charge on any atom is 0.409 e. The fourth-order valence-corrected chi connectivity index (χ4v) is 1.93. The van der Waals surface area contributed by atoms with Gasteiger partial charge in [-0.1, -0.05) is 41.9 Å². The summed E-state index contributed by atoms with van der Waals surface area (Å²) < 4.78 is 0. The Morgan fingerprint density at radius 1 is 1.17 bits per heavy atom. The third-order valence-electron chi connectivity index (χ3n) is 2.39. The van der Waals surface area contributed by atoms with Crippen LogP contribution in [0.3, 0.4) is 0 Å². The maximum atomic E-state index is 10.8. The van der Waals surface area contributed by atoms with Crippen molar-refractivity contribution in [3.63, 3.8) is 0 Å². The molecule has 18 heavy (non-hydrogen) atoms. The van der Waals surface area contributed by atoms with Crippen LogP contribution in [0.25, 0.3) is 11.1 Å². The standard InChI is InChI=1S/C13H10ClNO3/c14-11-7-9(16)6-10(12(11)15-13(17)18)8-4-2-1-3-5-8/h1-7,15-16H,(H,17,18). The Bertz CT molecular complexity index is 584. The van der Waals surface area contributed by atoms with Gasteiger partial charge in [0, 0.05) is 11.6 Å². The van der Waals surface area contributed by atoms with Gasteiger partial charge in [-0.15, -0.1) is 0 Å². The monoisotopic (exact) mass is 263 g/mol. The van der Waals surface area contributed by atoms with Crippen LogP contribution in [0.1, 0.15) is 0 Å². The molecule has 0 heterocycles. The van der Waals surface area contributed by atoms with E-state index in [0.717, 1.165) is 5.56 Å². The molecule has 1 amide bonds. The van der Waals surface area contributed by atoms with Crippen molar-refractivity contribution in [3.05, 3.63) is 47.5 Å². The van der Waals surface area contributed by atoms with E-state index in [4.69, 9.17) is 16.7 Å². The third-order valence-corrected chi connectivity index (χ3v) is 2.69. The van der Waals surface area contributed by atoms with Gasteiger partial charge in [-0.25, -0.2) is 4.79 Å². The Kier molecular flexibility index (Phi) is 3.39. The van der Waals surface area contributed by atoms with Crippen LogP contribution < -0.4 is 5.32 Å². The smallest absolute Gasteiger partial charge is 0.409 e. The summed E-state index contributed by atoms with van der Waals surface area (Å²) in [4.78, 5) is 10.8. The number of hydrogen-bond donors (Lipinski definition) is 3. The van der Waals surface area contributed by atoms with Gasteiger partial charge in [0.25, 0.3) is 0 Å². The first kappa shape index (κ1) is 12.3. The van der Waals surface area contributed by atoms with Crippen molar-refractivity contribution >= 4 is 23.4 Å². The summed E-state index contributed by atoms with van der Waals surface area (Å²) in [6, 6.07) is 11.8. The van der Waals surface area contributed by atoms with E-state index in [1.165, 1.54) is 12.1 Å². The van der Waals surface area contributed by atoms with E-state index >= 15 is 0 Å². The molecule has 2 rings (SSSR count). The number of carboxylic acid groups (broad SMARTS) is 1. The first-order valence-corrected chi connectivity index (χ1v) is 5.53. The van der Waals surface area contributed by atoms with Gasteiger partial charge in [0.15, 0.2) is 0 Å². The number of phenolic OH excluding ortho intramolecular Hbond substituents is 1. The second-order valence-corrected chi connectivity index (χ2v) is 4.05. The van der Waals surface area contributed by atoms with Gasteiger partial charge in [-0.05, 0) is 11.6 Å². The normalized spacial score (nSPS) is 10.1. The van der Waals surface area contributed by atoms with Crippen molar-refractivity contribution in [1.29, 1.82) is 0 Å². The Hall–Kier alpha value is -2.20. The molecule has 0 spiro atoms. The zero-order valence-corrected chi connectivity index (χ0v) is 9.98. The van der Waals surface area contributed by atoms with E-state index < -0.39 is 6.09 Å². The molecule has 0 saturated heterocycles. The molecule has 0 aliphatic heterocycles. The predicted octanol–water partition coefficient (Wildman–Crippen LogP) is 3.80. The summed E-state index contributed by atoms with van der Waals surface area (Å²) in [5.41, 5.74) is 1.55. The average molecular weight is 264 g/mol. The number of anilines is 1.